The Morgan fingerprint density at radius 3 is 3.09 bits per heavy atom. The Hall–Kier alpha value is -1.92. The molecule has 1 aromatic carbocycles. The quantitative estimate of drug-likeness (QED) is 0.936. The Kier molecular flexibility index (Phi) is 3.58. The molecule has 0 aliphatic carbocycles. The summed E-state index contributed by atoms with van der Waals surface area (Å²) in [5.41, 5.74) is 2.32. The van der Waals surface area contributed by atoms with Gasteiger partial charge in [-0.05, 0) is 23.8 Å². The Morgan fingerprint density at radius 2 is 2.30 bits per heavy atom. The topological polar surface area (TPSA) is 60.5 Å². The lowest BCUT2D eigenvalue weighted by Crippen LogP contribution is -2.48. The molecular weight excluding hydrogens is 312 g/mol. The minimum Gasteiger partial charge on any atom is -0.493 e. The van der Waals surface area contributed by atoms with Crippen LogP contribution in [0.3, 0.4) is 0 Å². The molecule has 4 rings (SSSR count). The number of carbonyl (C=O) groups is 1. The zero-order valence-electron chi connectivity index (χ0n) is 12.9. The maximum absolute atomic E-state index is 12.3. The highest BCUT2D eigenvalue weighted by molar-refractivity contribution is 7.16. The van der Waals surface area contributed by atoms with Gasteiger partial charge in [0.25, 0.3) is 5.91 Å². The predicted octanol–water partition coefficient (Wildman–Crippen LogP) is 2.51. The maximum Gasteiger partial charge on any atom is 0.263 e. The van der Waals surface area contributed by atoms with Crippen molar-refractivity contribution in [1.29, 1.82) is 0 Å². The first kappa shape index (κ1) is 14.7. The fourth-order valence-corrected chi connectivity index (χ4v) is 3.59. The lowest BCUT2D eigenvalue weighted by molar-refractivity contribution is -0.0978. The van der Waals surface area contributed by atoms with E-state index in [0.29, 0.717) is 24.6 Å². The van der Waals surface area contributed by atoms with Gasteiger partial charge in [0.15, 0.2) is 0 Å². The normalized spacial score (nSPS) is 18.0. The molecule has 6 heteroatoms. The highest BCUT2D eigenvalue weighted by Gasteiger charge is 2.33. The first-order valence-electron chi connectivity index (χ1n) is 7.71. The van der Waals surface area contributed by atoms with E-state index >= 15 is 0 Å². The number of rotatable bonds is 4. The Morgan fingerprint density at radius 1 is 1.43 bits per heavy atom. The molecule has 2 aromatic rings. The maximum atomic E-state index is 12.3. The van der Waals surface area contributed by atoms with E-state index in [1.54, 1.807) is 6.20 Å². The molecule has 1 amide bonds. The summed E-state index contributed by atoms with van der Waals surface area (Å²) >= 11 is 1.42. The first-order chi connectivity index (χ1) is 11.1. The molecule has 120 valence electrons. The van der Waals surface area contributed by atoms with Crippen LogP contribution in [0.15, 0.2) is 24.4 Å². The number of thiazole rings is 1. The van der Waals surface area contributed by atoms with E-state index < -0.39 is 0 Å². The summed E-state index contributed by atoms with van der Waals surface area (Å²) in [5, 5.41) is 3.84. The number of nitrogens with zero attached hydrogens (tertiary/aromatic N) is 1. The van der Waals surface area contributed by atoms with Gasteiger partial charge in [-0.3, -0.25) is 4.79 Å². The number of hydrogen-bond donors (Lipinski definition) is 1. The van der Waals surface area contributed by atoms with Crippen LogP contribution in [0.1, 0.15) is 22.2 Å². The Labute approximate surface area is 138 Å². The smallest absolute Gasteiger partial charge is 0.263 e. The van der Waals surface area contributed by atoms with Crippen molar-refractivity contribution in [3.8, 4) is 16.3 Å². The summed E-state index contributed by atoms with van der Waals surface area (Å²) in [6.45, 7) is 4.90. The number of aromatic nitrogens is 1. The highest BCUT2D eigenvalue weighted by atomic mass is 32.1. The molecule has 5 nitrogen and oxygen atoms in total. The van der Waals surface area contributed by atoms with Gasteiger partial charge < -0.3 is 14.8 Å². The van der Waals surface area contributed by atoms with E-state index in [-0.39, 0.29) is 11.3 Å². The van der Waals surface area contributed by atoms with Crippen LogP contribution in [0, 0.1) is 5.41 Å². The average Bonchev–Trinajstić information content (AvgIpc) is 3.18. The van der Waals surface area contributed by atoms with Crippen molar-refractivity contribution in [3.63, 3.8) is 0 Å². The summed E-state index contributed by atoms with van der Waals surface area (Å²) < 4.78 is 10.7. The number of amides is 1. The zero-order valence-corrected chi connectivity index (χ0v) is 13.7. The summed E-state index contributed by atoms with van der Waals surface area (Å²) in [6, 6.07) is 6.09. The third-order valence-electron chi connectivity index (χ3n) is 4.24. The molecule has 3 heterocycles. The summed E-state index contributed by atoms with van der Waals surface area (Å²) in [6.07, 6.45) is 2.58. The van der Waals surface area contributed by atoms with E-state index in [1.807, 2.05) is 12.1 Å². The Bertz CT molecular complexity index is 752. The lowest BCUT2D eigenvalue weighted by atomic mass is 9.89. The third kappa shape index (κ3) is 2.84. The van der Waals surface area contributed by atoms with Crippen LogP contribution in [-0.4, -0.2) is 37.3 Å². The molecule has 1 fully saturated rings. The van der Waals surface area contributed by atoms with E-state index in [0.717, 1.165) is 29.3 Å². The fraction of sp³-hybridized carbons (Fsp3) is 0.412. The van der Waals surface area contributed by atoms with Crippen molar-refractivity contribution < 1.29 is 14.3 Å². The number of nitrogens with one attached hydrogen (secondary N) is 1. The molecule has 1 saturated heterocycles. The average molecular weight is 330 g/mol. The molecule has 0 saturated carbocycles. The molecule has 0 spiro atoms. The molecule has 23 heavy (non-hydrogen) atoms. The van der Waals surface area contributed by atoms with Crippen LogP contribution >= 0.6 is 11.3 Å². The number of hydrogen-bond acceptors (Lipinski definition) is 5. The van der Waals surface area contributed by atoms with Crippen molar-refractivity contribution in [2.24, 2.45) is 5.41 Å². The summed E-state index contributed by atoms with van der Waals surface area (Å²) in [4.78, 5) is 17.3. The number of fused-ring (bicyclic) bond motifs is 1. The molecule has 0 bridgehead atoms. The van der Waals surface area contributed by atoms with Crippen molar-refractivity contribution >= 4 is 17.2 Å². The van der Waals surface area contributed by atoms with Gasteiger partial charge in [0, 0.05) is 23.9 Å². The second kappa shape index (κ2) is 5.62. The van der Waals surface area contributed by atoms with Crippen LogP contribution in [0.2, 0.25) is 0 Å². The molecule has 2 aliphatic rings. The van der Waals surface area contributed by atoms with Crippen LogP contribution in [0.25, 0.3) is 10.6 Å². The van der Waals surface area contributed by atoms with Gasteiger partial charge in [-0.2, -0.15) is 0 Å². The minimum atomic E-state index is -0.0635. The van der Waals surface area contributed by atoms with Crippen LogP contribution in [0.4, 0.5) is 0 Å². The first-order valence-corrected chi connectivity index (χ1v) is 8.53. The van der Waals surface area contributed by atoms with E-state index in [2.05, 4.69) is 23.3 Å². The number of carbonyl (C=O) groups excluding carboxylic acids is 1. The van der Waals surface area contributed by atoms with Gasteiger partial charge in [-0.1, -0.05) is 6.92 Å². The highest BCUT2D eigenvalue weighted by Crippen LogP contribution is 2.32. The molecule has 1 N–H and O–H groups in total. The van der Waals surface area contributed by atoms with Gasteiger partial charge in [-0.25, -0.2) is 4.98 Å². The lowest BCUT2D eigenvalue weighted by Gasteiger charge is -2.37. The monoisotopic (exact) mass is 330 g/mol. The van der Waals surface area contributed by atoms with E-state index in [1.165, 1.54) is 16.9 Å². The van der Waals surface area contributed by atoms with Gasteiger partial charge in [0.05, 0.1) is 26.0 Å². The molecule has 0 radical (unpaired) electrons. The van der Waals surface area contributed by atoms with Gasteiger partial charge in [0.1, 0.15) is 15.6 Å². The van der Waals surface area contributed by atoms with Crippen LogP contribution in [-0.2, 0) is 11.2 Å². The van der Waals surface area contributed by atoms with Gasteiger partial charge >= 0.3 is 0 Å². The second-order valence-corrected chi connectivity index (χ2v) is 7.47. The number of benzene rings is 1. The summed E-state index contributed by atoms with van der Waals surface area (Å²) in [7, 11) is 0. The molecule has 1 aromatic heterocycles. The van der Waals surface area contributed by atoms with Crippen LogP contribution < -0.4 is 10.1 Å². The zero-order chi connectivity index (χ0) is 15.9. The Balaban J connectivity index is 1.47. The van der Waals surface area contributed by atoms with Crippen LogP contribution in [0.5, 0.6) is 5.75 Å². The van der Waals surface area contributed by atoms with Gasteiger partial charge in [0.2, 0.25) is 0 Å². The largest absolute Gasteiger partial charge is 0.493 e. The SMILES string of the molecule is CC1(CNC(=O)c2cnc(-c3ccc4c(c3)CCO4)s2)COC1. The molecular formula is C17H18N2O3S. The van der Waals surface area contributed by atoms with E-state index in [4.69, 9.17) is 9.47 Å². The van der Waals surface area contributed by atoms with Crippen molar-refractivity contribution in [3.05, 3.63) is 34.8 Å². The fourth-order valence-electron chi connectivity index (χ4n) is 2.77. The molecule has 0 atom stereocenters. The predicted molar refractivity (Wildman–Crippen MR) is 88.0 cm³/mol. The van der Waals surface area contributed by atoms with E-state index in [9.17, 15) is 4.79 Å². The van der Waals surface area contributed by atoms with Crippen molar-refractivity contribution in [1.82, 2.24) is 10.3 Å². The summed E-state index contributed by atoms with van der Waals surface area (Å²) in [5.74, 6) is 0.894. The van der Waals surface area contributed by atoms with Crippen molar-refractivity contribution in [2.75, 3.05) is 26.4 Å². The molecule has 2 aliphatic heterocycles. The van der Waals surface area contributed by atoms with Gasteiger partial charge in [-0.15, -0.1) is 11.3 Å². The third-order valence-corrected chi connectivity index (χ3v) is 5.29. The minimum absolute atomic E-state index is 0.0635. The van der Waals surface area contributed by atoms with Crippen molar-refractivity contribution in [2.45, 2.75) is 13.3 Å². The standard InChI is InChI=1S/C17H18N2O3S/c1-17(9-21-10-17)8-19-15(20)14-7-18-16(23-14)12-2-3-13-11(6-12)4-5-22-13/h2-3,6-7H,4-5,8-10H2,1H3,(H,19,20). The number of ether oxygens (including phenoxy) is 2. The second-order valence-electron chi connectivity index (χ2n) is 6.44. The molecule has 0 unspecified atom stereocenters.